The van der Waals surface area contributed by atoms with Crippen LogP contribution in [0.15, 0.2) is 23.2 Å². The van der Waals surface area contributed by atoms with Crippen LogP contribution < -0.4 is 25.4 Å². The molecule has 0 bridgehead atoms. The Morgan fingerprint density at radius 3 is 2.41 bits per heavy atom. The Morgan fingerprint density at radius 1 is 1.17 bits per heavy atom. The number of amides is 1. The SMILES string of the molecule is CN=C(NCCNC(=O)C(C)C)NC1CCN(Cc2cc(OC)cc(OC)c2)C1. The Morgan fingerprint density at radius 2 is 1.83 bits per heavy atom. The van der Waals surface area contributed by atoms with Gasteiger partial charge >= 0.3 is 0 Å². The number of likely N-dealkylation sites (tertiary alicyclic amines) is 1. The first kappa shape index (κ1) is 22.8. The summed E-state index contributed by atoms with van der Waals surface area (Å²) in [6.45, 7) is 7.78. The van der Waals surface area contributed by atoms with Gasteiger partial charge in [-0.15, -0.1) is 0 Å². The van der Waals surface area contributed by atoms with Crippen molar-refractivity contribution in [1.82, 2.24) is 20.9 Å². The highest BCUT2D eigenvalue weighted by atomic mass is 16.5. The molecule has 8 heteroatoms. The number of benzene rings is 1. The Labute approximate surface area is 174 Å². The van der Waals surface area contributed by atoms with Gasteiger partial charge in [-0.3, -0.25) is 14.7 Å². The number of ether oxygens (including phenoxy) is 2. The molecule has 1 saturated heterocycles. The van der Waals surface area contributed by atoms with Gasteiger partial charge in [-0.25, -0.2) is 0 Å². The molecule has 1 aliphatic heterocycles. The van der Waals surface area contributed by atoms with Gasteiger partial charge in [0, 0.05) is 57.8 Å². The summed E-state index contributed by atoms with van der Waals surface area (Å²) >= 11 is 0. The van der Waals surface area contributed by atoms with Crippen LogP contribution in [0, 0.1) is 5.92 Å². The van der Waals surface area contributed by atoms with E-state index in [0.717, 1.165) is 43.5 Å². The minimum atomic E-state index is 0.00135. The monoisotopic (exact) mass is 405 g/mol. The van der Waals surface area contributed by atoms with Crippen LogP contribution in [0.5, 0.6) is 11.5 Å². The summed E-state index contributed by atoms with van der Waals surface area (Å²) in [7, 11) is 5.10. The van der Waals surface area contributed by atoms with Crippen molar-refractivity contribution < 1.29 is 14.3 Å². The van der Waals surface area contributed by atoms with E-state index in [1.54, 1.807) is 21.3 Å². The number of nitrogens with one attached hydrogen (secondary N) is 3. The molecule has 0 spiro atoms. The van der Waals surface area contributed by atoms with Gasteiger partial charge in [-0.05, 0) is 24.1 Å². The molecular weight excluding hydrogens is 370 g/mol. The number of aliphatic imine (C=N–C) groups is 1. The number of guanidine groups is 1. The number of methoxy groups -OCH3 is 2. The van der Waals surface area contributed by atoms with Crippen molar-refractivity contribution in [3.05, 3.63) is 23.8 Å². The summed E-state index contributed by atoms with van der Waals surface area (Å²) in [4.78, 5) is 18.3. The molecule has 1 heterocycles. The van der Waals surface area contributed by atoms with Gasteiger partial charge in [0.2, 0.25) is 5.91 Å². The van der Waals surface area contributed by atoms with Crippen LogP contribution in [0.2, 0.25) is 0 Å². The Kier molecular flexibility index (Phi) is 9.05. The smallest absolute Gasteiger partial charge is 0.222 e. The average Bonchev–Trinajstić information content (AvgIpc) is 3.16. The predicted molar refractivity (Wildman–Crippen MR) is 116 cm³/mol. The van der Waals surface area contributed by atoms with Gasteiger partial charge in [-0.2, -0.15) is 0 Å². The maximum Gasteiger partial charge on any atom is 0.222 e. The molecule has 0 aliphatic carbocycles. The maximum atomic E-state index is 11.6. The van der Waals surface area contributed by atoms with E-state index in [1.807, 2.05) is 19.9 Å². The second-order valence-corrected chi connectivity index (χ2v) is 7.53. The van der Waals surface area contributed by atoms with Crippen LogP contribution in [0.3, 0.4) is 0 Å². The molecule has 0 radical (unpaired) electrons. The van der Waals surface area contributed by atoms with Crippen molar-refractivity contribution in [3.63, 3.8) is 0 Å². The molecule has 0 saturated carbocycles. The first-order valence-corrected chi connectivity index (χ1v) is 10.1. The molecule has 8 nitrogen and oxygen atoms in total. The lowest BCUT2D eigenvalue weighted by Crippen LogP contribution is -2.46. The number of hydrogen-bond donors (Lipinski definition) is 3. The van der Waals surface area contributed by atoms with E-state index in [4.69, 9.17) is 9.47 Å². The van der Waals surface area contributed by atoms with Gasteiger partial charge in [0.1, 0.15) is 11.5 Å². The van der Waals surface area contributed by atoms with Crippen molar-refractivity contribution in [1.29, 1.82) is 0 Å². The van der Waals surface area contributed by atoms with E-state index >= 15 is 0 Å². The molecule has 29 heavy (non-hydrogen) atoms. The zero-order valence-corrected chi connectivity index (χ0v) is 18.2. The highest BCUT2D eigenvalue weighted by Crippen LogP contribution is 2.24. The first-order chi connectivity index (χ1) is 13.9. The van der Waals surface area contributed by atoms with Gasteiger partial charge in [-0.1, -0.05) is 13.8 Å². The summed E-state index contributed by atoms with van der Waals surface area (Å²) in [6.07, 6.45) is 1.05. The molecular formula is C21H35N5O3. The fraction of sp³-hybridized carbons (Fsp3) is 0.619. The molecule has 1 aromatic carbocycles. The van der Waals surface area contributed by atoms with E-state index in [1.165, 1.54) is 5.56 Å². The van der Waals surface area contributed by atoms with Gasteiger partial charge in [0.15, 0.2) is 5.96 Å². The second kappa shape index (κ2) is 11.5. The molecule has 1 atom stereocenters. The van der Waals surface area contributed by atoms with Gasteiger partial charge in [0.25, 0.3) is 0 Å². The van der Waals surface area contributed by atoms with Crippen molar-refractivity contribution >= 4 is 11.9 Å². The first-order valence-electron chi connectivity index (χ1n) is 10.1. The van der Waals surface area contributed by atoms with Crippen LogP contribution in [-0.4, -0.2) is 70.3 Å². The fourth-order valence-corrected chi connectivity index (χ4v) is 3.27. The van der Waals surface area contributed by atoms with E-state index in [-0.39, 0.29) is 11.8 Å². The number of nitrogens with zero attached hydrogens (tertiary/aromatic N) is 2. The topological polar surface area (TPSA) is 87.2 Å². The summed E-state index contributed by atoms with van der Waals surface area (Å²) in [6, 6.07) is 6.32. The van der Waals surface area contributed by atoms with Gasteiger partial charge < -0.3 is 25.4 Å². The summed E-state index contributed by atoms with van der Waals surface area (Å²) < 4.78 is 10.7. The minimum Gasteiger partial charge on any atom is -0.497 e. The maximum absolute atomic E-state index is 11.6. The van der Waals surface area contributed by atoms with Crippen molar-refractivity contribution in [2.45, 2.75) is 32.9 Å². The largest absolute Gasteiger partial charge is 0.497 e. The highest BCUT2D eigenvalue weighted by Gasteiger charge is 2.23. The molecule has 1 unspecified atom stereocenters. The number of carbonyl (C=O) groups excluding carboxylic acids is 1. The summed E-state index contributed by atoms with van der Waals surface area (Å²) in [5, 5.41) is 9.63. The highest BCUT2D eigenvalue weighted by molar-refractivity contribution is 5.80. The molecule has 1 aromatic rings. The van der Waals surface area contributed by atoms with Crippen molar-refractivity contribution in [2.24, 2.45) is 10.9 Å². The minimum absolute atomic E-state index is 0.00135. The van der Waals surface area contributed by atoms with E-state index in [2.05, 4.69) is 38.0 Å². The van der Waals surface area contributed by atoms with Crippen LogP contribution in [0.4, 0.5) is 0 Å². The van der Waals surface area contributed by atoms with E-state index < -0.39 is 0 Å². The fourth-order valence-electron chi connectivity index (χ4n) is 3.27. The second-order valence-electron chi connectivity index (χ2n) is 7.53. The zero-order chi connectivity index (χ0) is 21.2. The molecule has 162 valence electrons. The normalized spacial score (nSPS) is 17.3. The molecule has 0 aromatic heterocycles. The number of rotatable bonds is 9. The zero-order valence-electron chi connectivity index (χ0n) is 18.2. The number of hydrogen-bond acceptors (Lipinski definition) is 5. The molecule has 3 N–H and O–H groups in total. The Balaban J connectivity index is 1.77. The third-order valence-corrected chi connectivity index (χ3v) is 4.90. The lowest BCUT2D eigenvalue weighted by molar-refractivity contribution is -0.123. The molecule has 1 fully saturated rings. The molecule has 2 rings (SSSR count). The van der Waals surface area contributed by atoms with Crippen LogP contribution in [-0.2, 0) is 11.3 Å². The molecule has 1 amide bonds. The summed E-state index contributed by atoms with van der Waals surface area (Å²) in [5.41, 5.74) is 1.17. The standard InChI is InChI=1S/C21H35N5O3/c1-15(2)20(27)23-7-8-24-21(22-3)25-17-6-9-26(14-17)13-16-10-18(28-4)12-19(11-16)29-5/h10-12,15,17H,6-9,13-14H2,1-5H3,(H,23,27)(H2,22,24,25). The third-order valence-electron chi connectivity index (χ3n) is 4.90. The Bertz CT molecular complexity index is 671. The van der Waals surface area contributed by atoms with Crippen molar-refractivity contribution in [3.8, 4) is 11.5 Å². The summed E-state index contributed by atoms with van der Waals surface area (Å²) in [5.74, 6) is 2.44. The van der Waals surface area contributed by atoms with E-state index in [0.29, 0.717) is 19.1 Å². The lowest BCUT2D eigenvalue weighted by Gasteiger charge is -2.19. The van der Waals surface area contributed by atoms with Crippen LogP contribution >= 0.6 is 0 Å². The Hall–Kier alpha value is -2.48. The molecule has 1 aliphatic rings. The van der Waals surface area contributed by atoms with E-state index in [9.17, 15) is 4.79 Å². The van der Waals surface area contributed by atoms with Crippen LogP contribution in [0.1, 0.15) is 25.8 Å². The average molecular weight is 406 g/mol. The van der Waals surface area contributed by atoms with Crippen molar-refractivity contribution in [2.75, 3.05) is 47.4 Å². The quantitative estimate of drug-likeness (QED) is 0.325. The predicted octanol–water partition coefficient (Wildman–Crippen LogP) is 1.22. The lowest BCUT2D eigenvalue weighted by atomic mass is 10.2. The number of carbonyl (C=O) groups is 1. The third kappa shape index (κ3) is 7.45. The van der Waals surface area contributed by atoms with Gasteiger partial charge in [0.05, 0.1) is 14.2 Å². The van der Waals surface area contributed by atoms with Crippen LogP contribution in [0.25, 0.3) is 0 Å².